The van der Waals surface area contributed by atoms with Crippen molar-refractivity contribution in [1.82, 2.24) is 0 Å². The zero-order valence-electron chi connectivity index (χ0n) is 22.8. The monoisotopic (exact) mass is 620 g/mol. The quantitative estimate of drug-likeness (QED) is 0.152. The second-order valence-electron chi connectivity index (χ2n) is 10.1. The first-order valence-corrected chi connectivity index (χ1v) is 14.0. The molecule has 0 saturated carbocycles. The second-order valence-corrected chi connectivity index (χ2v) is 11.0. The van der Waals surface area contributed by atoms with E-state index in [1.165, 1.54) is 5.56 Å². The van der Waals surface area contributed by atoms with E-state index < -0.39 is 11.9 Å². The Labute approximate surface area is 250 Å². The van der Waals surface area contributed by atoms with Crippen LogP contribution >= 0.6 is 15.9 Å². The SMILES string of the molecule is Cc1ccc(COc2cccc(C3C(C#N)=C(N)Oc4cc(OC(=O)c5oc6cc(Br)ccc6c5C)ccc43)c2)cc1. The summed E-state index contributed by atoms with van der Waals surface area (Å²) in [6, 6.07) is 28.5. The number of fused-ring (bicyclic) bond motifs is 2. The number of carbonyl (C=O) groups is 1. The maximum Gasteiger partial charge on any atom is 0.379 e. The van der Waals surface area contributed by atoms with Gasteiger partial charge in [-0.25, -0.2) is 4.79 Å². The van der Waals surface area contributed by atoms with E-state index in [0.717, 1.165) is 21.0 Å². The van der Waals surface area contributed by atoms with Crippen molar-refractivity contribution in [2.45, 2.75) is 26.4 Å². The summed E-state index contributed by atoms with van der Waals surface area (Å²) in [5.74, 6) is 0.279. The molecule has 0 bridgehead atoms. The fraction of sp³-hybridized carbons (Fsp3) is 0.118. The van der Waals surface area contributed by atoms with Crippen molar-refractivity contribution in [3.05, 3.63) is 134 Å². The van der Waals surface area contributed by atoms with Crippen LogP contribution in [0.4, 0.5) is 0 Å². The van der Waals surface area contributed by atoms with Gasteiger partial charge in [-0.1, -0.05) is 64.0 Å². The number of hydrogen-bond donors (Lipinski definition) is 1. The molecule has 1 atom stereocenters. The van der Waals surface area contributed by atoms with Gasteiger partial charge in [0.05, 0.1) is 5.92 Å². The van der Waals surface area contributed by atoms with Crippen LogP contribution in [0.15, 0.2) is 105 Å². The molecule has 0 fully saturated rings. The van der Waals surface area contributed by atoms with Crippen LogP contribution in [-0.4, -0.2) is 5.97 Å². The lowest BCUT2D eigenvalue weighted by Gasteiger charge is -2.27. The molecular formula is C34H25BrN2O5. The van der Waals surface area contributed by atoms with Crippen LogP contribution in [0.1, 0.15) is 44.3 Å². The Morgan fingerprint density at radius 2 is 1.81 bits per heavy atom. The first-order chi connectivity index (χ1) is 20.3. The van der Waals surface area contributed by atoms with Crippen LogP contribution in [0.2, 0.25) is 0 Å². The maximum absolute atomic E-state index is 13.1. The summed E-state index contributed by atoms with van der Waals surface area (Å²) in [6.07, 6.45) is 0. The van der Waals surface area contributed by atoms with Gasteiger partial charge in [0.1, 0.15) is 41.1 Å². The minimum Gasteiger partial charge on any atom is -0.489 e. The smallest absolute Gasteiger partial charge is 0.379 e. The topological polar surface area (TPSA) is 108 Å². The number of nitriles is 1. The van der Waals surface area contributed by atoms with E-state index in [9.17, 15) is 10.1 Å². The normalized spacial score (nSPS) is 14.2. The average Bonchev–Trinajstić information content (AvgIpc) is 3.31. The number of allylic oxidation sites excluding steroid dienone is 1. The highest BCUT2D eigenvalue weighted by Crippen LogP contribution is 2.44. The number of nitrogens with two attached hydrogens (primary N) is 1. The van der Waals surface area contributed by atoms with Crippen LogP contribution in [0.5, 0.6) is 17.2 Å². The minimum atomic E-state index is -0.633. The first kappa shape index (κ1) is 27.2. The van der Waals surface area contributed by atoms with Crippen LogP contribution in [0.25, 0.3) is 11.0 Å². The summed E-state index contributed by atoms with van der Waals surface area (Å²) in [5, 5.41) is 10.8. The molecule has 1 aliphatic rings. The van der Waals surface area contributed by atoms with Crippen molar-refractivity contribution in [2.24, 2.45) is 5.73 Å². The van der Waals surface area contributed by atoms with E-state index in [1.807, 2.05) is 74.5 Å². The Bertz CT molecular complexity index is 1920. The van der Waals surface area contributed by atoms with Crippen molar-refractivity contribution >= 4 is 32.9 Å². The molecule has 5 aromatic rings. The highest BCUT2D eigenvalue weighted by Gasteiger charge is 2.31. The molecule has 4 aromatic carbocycles. The van der Waals surface area contributed by atoms with Gasteiger partial charge in [0.15, 0.2) is 0 Å². The number of esters is 1. The van der Waals surface area contributed by atoms with Crippen LogP contribution in [-0.2, 0) is 6.61 Å². The molecule has 1 aromatic heterocycles. The summed E-state index contributed by atoms with van der Waals surface area (Å²) in [4.78, 5) is 13.1. The zero-order valence-corrected chi connectivity index (χ0v) is 24.4. The number of rotatable bonds is 6. The molecule has 8 heteroatoms. The Morgan fingerprint density at radius 3 is 2.60 bits per heavy atom. The van der Waals surface area contributed by atoms with Gasteiger partial charge in [0.2, 0.25) is 11.6 Å². The summed E-state index contributed by atoms with van der Waals surface area (Å²) in [7, 11) is 0. The number of hydrogen-bond acceptors (Lipinski definition) is 7. The molecule has 7 nitrogen and oxygen atoms in total. The van der Waals surface area contributed by atoms with Gasteiger partial charge in [-0.3, -0.25) is 0 Å². The van der Waals surface area contributed by atoms with Crippen LogP contribution in [0, 0.1) is 25.2 Å². The van der Waals surface area contributed by atoms with Crippen molar-refractivity contribution in [1.29, 1.82) is 5.26 Å². The third-order valence-corrected chi connectivity index (χ3v) is 7.70. The molecule has 0 saturated heterocycles. The van der Waals surface area contributed by atoms with Crippen LogP contribution in [0.3, 0.4) is 0 Å². The van der Waals surface area contributed by atoms with E-state index in [2.05, 4.69) is 22.0 Å². The molecule has 42 heavy (non-hydrogen) atoms. The molecule has 208 valence electrons. The van der Waals surface area contributed by atoms with Gasteiger partial charge in [0, 0.05) is 27.1 Å². The lowest BCUT2D eigenvalue weighted by Crippen LogP contribution is -2.21. The van der Waals surface area contributed by atoms with Crippen molar-refractivity contribution in [2.75, 3.05) is 0 Å². The second kappa shape index (κ2) is 11.1. The molecule has 2 N–H and O–H groups in total. The van der Waals surface area contributed by atoms with E-state index in [1.54, 1.807) is 24.3 Å². The van der Waals surface area contributed by atoms with E-state index in [0.29, 0.717) is 34.8 Å². The fourth-order valence-electron chi connectivity index (χ4n) is 5.02. The Kier molecular flexibility index (Phi) is 7.19. The Morgan fingerprint density at radius 1 is 1.00 bits per heavy atom. The number of aryl methyl sites for hydroxylation is 2. The third-order valence-electron chi connectivity index (χ3n) is 7.20. The van der Waals surface area contributed by atoms with E-state index >= 15 is 0 Å². The number of ether oxygens (including phenoxy) is 3. The lowest BCUT2D eigenvalue weighted by molar-refractivity contribution is 0.0702. The molecule has 6 rings (SSSR count). The highest BCUT2D eigenvalue weighted by molar-refractivity contribution is 9.10. The summed E-state index contributed by atoms with van der Waals surface area (Å²) in [5.41, 5.74) is 11.5. The molecule has 0 radical (unpaired) electrons. The van der Waals surface area contributed by atoms with Crippen molar-refractivity contribution < 1.29 is 23.4 Å². The number of nitrogens with zero attached hydrogens (tertiary/aromatic N) is 1. The van der Waals surface area contributed by atoms with E-state index in [4.69, 9.17) is 24.4 Å². The fourth-order valence-corrected chi connectivity index (χ4v) is 5.36. The standard InChI is InChI=1S/C34H25BrN2O5/c1-19-6-8-21(9-7-19)18-39-24-5-3-4-22(14-24)31-27-13-11-25(16-30(27)42-33(37)28(31)17-36)40-34(38)32-20(2)26-12-10-23(35)15-29(26)41-32/h3-16,31H,18,37H2,1-2H3. The van der Waals surface area contributed by atoms with Gasteiger partial charge in [0.25, 0.3) is 0 Å². The predicted octanol–water partition coefficient (Wildman–Crippen LogP) is 7.83. The highest BCUT2D eigenvalue weighted by atomic mass is 79.9. The predicted molar refractivity (Wildman–Crippen MR) is 161 cm³/mol. The number of halogens is 1. The summed E-state index contributed by atoms with van der Waals surface area (Å²) >= 11 is 3.42. The number of carbonyl (C=O) groups excluding carboxylic acids is 1. The Hall–Kier alpha value is -5.00. The van der Waals surface area contributed by atoms with Gasteiger partial charge in [-0.15, -0.1) is 0 Å². The van der Waals surface area contributed by atoms with Gasteiger partial charge >= 0.3 is 5.97 Å². The molecular weight excluding hydrogens is 596 g/mol. The van der Waals surface area contributed by atoms with Crippen LogP contribution < -0.4 is 19.9 Å². The lowest BCUT2D eigenvalue weighted by atomic mass is 9.83. The molecule has 2 heterocycles. The van der Waals surface area contributed by atoms with E-state index in [-0.39, 0.29) is 23.0 Å². The molecule has 0 spiro atoms. The summed E-state index contributed by atoms with van der Waals surface area (Å²) < 4.78 is 24.2. The molecule has 0 amide bonds. The first-order valence-electron chi connectivity index (χ1n) is 13.2. The van der Waals surface area contributed by atoms with Gasteiger partial charge in [-0.05, 0) is 61.4 Å². The number of benzene rings is 4. The third kappa shape index (κ3) is 5.22. The van der Waals surface area contributed by atoms with Crippen molar-refractivity contribution in [3.8, 4) is 23.3 Å². The molecule has 1 unspecified atom stereocenters. The van der Waals surface area contributed by atoms with Crippen molar-refractivity contribution in [3.63, 3.8) is 0 Å². The van der Waals surface area contributed by atoms with Gasteiger partial charge in [-0.2, -0.15) is 5.26 Å². The summed E-state index contributed by atoms with van der Waals surface area (Å²) in [6.45, 7) is 4.26. The maximum atomic E-state index is 13.1. The van der Waals surface area contributed by atoms with Gasteiger partial charge < -0.3 is 24.4 Å². The average molecular weight is 621 g/mol. The molecule has 0 aliphatic carbocycles. The number of furan rings is 1. The molecule has 1 aliphatic heterocycles. The zero-order chi connectivity index (χ0) is 29.4. The largest absolute Gasteiger partial charge is 0.489 e. The Balaban J connectivity index is 1.27. The minimum absolute atomic E-state index is 0.0110.